The second kappa shape index (κ2) is 29.8. The normalized spacial score (nSPS) is 46.7. The Morgan fingerprint density at radius 3 is 2.05 bits per heavy atom. The van der Waals surface area contributed by atoms with Crippen molar-refractivity contribution in [1.82, 2.24) is 0 Å². The number of cyclic esters (lactones) is 1. The maximum absolute atomic E-state index is 14.1. The monoisotopic (exact) mass is 1130 g/mol. The summed E-state index contributed by atoms with van der Waals surface area (Å²) >= 11 is 0. The molecule has 5 rings (SSSR count). The Hall–Kier alpha value is -2.59. The highest BCUT2D eigenvalue weighted by molar-refractivity contribution is 5.88. The lowest BCUT2D eigenvalue weighted by Crippen LogP contribution is -2.66. The van der Waals surface area contributed by atoms with E-state index in [9.17, 15) is 45.6 Å². The molecule has 0 radical (unpaired) electrons. The maximum Gasteiger partial charge on any atom is 0.334 e. The summed E-state index contributed by atoms with van der Waals surface area (Å²) in [5.74, 6) is -5.45. The summed E-state index contributed by atoms with van der Waals surface area (Å²) in [7, 11) is 5.80. The van der Waals surface area contributed by atoms with Crippen LogP contribution in [0.15, 0.2) is 58.7 Å². The number of ether oxygens (including phenoxy) is 12. The van der Waals surface area contributed by atoms with Gasteiger partial charge in [0.05, 0.1) is 73.2 Å². The molecule has 0 aromatic carbocycles. The number of allylic oxidation sites excluding steroid dienone is 7. The van der Waals surface area contributed by atoms with Crippen LogP contribution in [-0.2, 0) is 61.6 Å². The van der Waals surface area contributed by atoms with E-state index in [1.807, 2.05) is 51.2 Å². The molecule has 0 spiro atoms. The molecule has 0 aromatic rings. The number of aliphatic hydroxyl groups is 8. The quantitative estimate of drug-likeness (QED) is 0.109. The van der Waals surface area contributed by atoms with Gasteiger partial charge < -0.3 is 97.7 Å². The largest absolute Gasteiger partial charge is 0.456 e. The third-order valence-electron chi connectivity index (χ3n) is 16.4. The van der Waals surface area contributed by atoms with Gasteiger partial charge in [0.2, 0.25) is 5.79 Å². The van der Waals surface area contributed by atoms with E-state index in [4.69, 9.17) is 56.8 Å². The molecule has 454 valence electrons. The smallest absolute Gasteiger partial charge is 0.334 e. The van der Waals surface area contributed by atoms with Crippen LogP contribution in [0.1, 0.15) is 115 Å². The standard InChI is InChI=1S/C58H96O21/c1-29-17-16-18-40(59)43(69-13)25-45(76-55(65)33(5)23-31(3)21-30(2)22-32(4)41(20-19-29)77-56-51(63)50(62)52(71-15)37(9)74-56)53(64)58(67)35(7)48(60)34(6)42(79-58)24-39(28-68-12)75-47-27-57(11,66)54(38(10)73-47)78-46-26-44(70-14)49(61)36(8)72-46/h17,19-23,32,34-54,56,59-64,66-67H,16,18,24-28H2,1-15H3/b20-19-,29-17+,30-22+,31-21-,33-23+/t32-,34+,35-,36-,37+,38+,39-,40+,41-,42-,43+,44-,45+,46+,47+,48+,49-,50+,51+,52+,53-,54+,56+,57+,58-/m1/s1. The summed E-state index contributed by atoms with van der Waals surface area (Å²) in [6.07, 6.45) is -8.27. The molecular weight excluding hydrogens is 1030 g/mol. The molecule has 21 nitrogen and oxygen atoms in total. The van der Waals surface area contributed by atoms with Gasteiger partial charge in [0.15, 0.2) is 18.9 Å². The minimum absolute atomic E-state index is 0.00743. The molecule has 21 heteroatoms. The van der Waals surface area contributed by atoms with Crippen molar-refractivity contribution in [3.63, 3.8) is 0 Å². The minimum Gasteiger partial charge on any atom is -0.456 e. The Balaban J connectivity index is 1.37. The molecule has 4 saturated heterocycles. The number of hydrogen-bond acceptors (Lipinski definition) is 21. The van der Waals surface area contributed by atoms with Crippen molar-refractivity contribution in [2.24, 2.45) is 17.8 Å². The van der Waals surface area contributed by atoms with Crippen LogP contribution in [0.5, 0.6) is 0 Å². The third-order valence-corrected chi connectivity index (χ3v) is 16.4. The van der Waals surface area contributed by atoms with Gasteiger partial charge in [-0.15, -0.1) is 0 Å². The number of esters is 1. The zero-order chi connectivity index (χ0) is 58.8. The Labute approximate surface area is 467 Å². The van der Waals surface area contributed by atoms with Crippen molar-refractivity contribution >= 4 is 5.97 Å². The summed E-state index contributed by atoms with van der Waals surface area (Å²) < 4.78 is 72.0. The number of aliphatic hydroxyl groups excluding tert-OH is 6. The maximum atomic E-state index is 14.1. The van der Waals surface area contributed by atoms with Crippen LogP contribution in [0, 0.1) is 17.8 Å². The van der Waals surface area contributed by atoms with Crippen LogP contribution >= 0.6 is 0 Å². The Morgan fingerprint density at radius 2 is 1.42 bits per heavy atom. The van der Waals surface area contributed by atoms with E-state index in [0.29, 0.717) is 12.0 Å². The number of hydrogen-bond donors (Lipinski definition) is 8. The van der Waals surface area contributed by atoms with Gasteiger partial charge in [-0.25, -0.2) is 4.79 Å². The zero-order valence-electron chi connectivity index (χ0n) is 49.1. The van der Waals surface area contributed by atoms with Gasteiger partial charge in [-0.3, -0.25) is 0 Å². The predicted molar refractivity (Wildman–Crippen MR) is 288 cm³/mol. The van der Waals surface area contributed by atoms with Crippen LogP contribution in [0.25, 0.3) is 0 Å². The van der Waals surface area contributed by atoms with Crippen LogP contribution in [-0.4, -0.2) is 216 Å². The summed E-state index contributed by atoms with van der Waals surface area (Å²) in [6.45, 7) is 19.1. The molecule has 5 aliphatic heterocycles. The number of carbonyl (C=O) groups excluding carboxylic acids is 1. The SMILES string of the molecule is COC[C@@H](C[C@H]1O[C@@](O)([C@H](O)[C@@H]2C[C@H](OC)[C@@H](O)CC/C=C(C)/C=C\[C@@H](O[C@@H]3O[C@@H](C)[C@H](OC)[C@@H](O)[C@@H]3O)[C@H](C)/C=C(C)/C=C(C)\C=C(/C)C(=O)O2)[C@H](C)[C@@H](O)[C@H]1C)O[C@H]1C[C@](C)(O)[C@@H](O[C@H]2C[C@@H](OC)[C@H](O)[C@@H](C)O2)[C@H](C)O1. The first-order chi connectivity index (χ1) is 37.1. The Bertz CT molecular complexity index is 2080. The molecule has 0 saturated carbocycles. The Morgan fingerprint density at radius 1 is 0.747 bits per heavy atom. The molecule has 79 heavy (non-hydrogen) atoms. The fraction of sp³-hybridized carbons (Fsp3) is 0.810. The average Bonchev–Trinajstić information content (AvgIpc) is 3.46. The van der Waals surface area contributed by atoms with Gasteiger partial charge in [-0.2, -0.15) is 0 Å². The van der Waals surface area contributed by atoms with Crippen LogP contribution < -0.4 is 0 Å². The average molecular weight is 1130 g/mol. The van der Waals surface area contributed by atoms with Crippen molar-refractivity contribution < 1.29 is 102 Å². The van der Waals surface area contributed by atoms with Crippen molar-refractivity contribution in [1.29, 1.82) is 0 Å². The molecule has 5 aliphatic rings. The zero-order valence-corrected chi connectivity index (χ0v) is 49.1. The molecule has 0 aromatic heterocycles. The van der Waals surface area contributed by atoms with Crippen molar-refractivity contribution in [2.45, 2.75) is 249 Å². The molecule has 5 heterocycles. The van der Waals surface area contributed by atoms with Crippen LogP contribution in [0.3, 0.4) is 0 Å². The number of carbonyl (C=O) groups is 1. The van der Waals surface area contributed by atoms with Crippen molar-refractivity contribution in [2.75, 3.05) is 35.0 Å². The van der Waals surface area contributed by atoms with E-state index in [1.165, 1.54) is 35.4 Å². The van der Waals surface area contributed by atoms with Gasteiger partial charge >= 0.3 is 5.97 Å². The van der Waals surface area contributed by atoms with E-state index in [2.05, 4.69) is 0 Å². The lowest BCUT2D eigenvalue weighted by atomic mass is 9.76. The van der Waals surface area contributed by atoms with Crippen LogP contribution in [0.2, 0.25) is 0 Å². The van der Waals surface area contributed by atoms with Crippen molar-refractivity contribution in [3.05, 3.63) is 58.7 Å². The Kier molecular flexibility index (Phi) is 25.3. The molecule has 8 N–H and O–H groups in total. The number of methoxy groups -OCH3 is 4. The van der Waals surface area contributed by atoms with Gasteiger partial charge in [-0.05, 0) is 74.3 Å². The summed E-state index contributed by atoms with van der Waals surface area (Å²) in [4.78, 5) is 14.1. The van der Waals surface area contributed by atoms with E-state index in [1.54, 1.807) is 54.5 Å². The molecule has 0 bridgehead atoms. The van der Waals surface area contributed by atoms with Gasteiger partial charge in [-0.1, -0.05) is 67.9 Å². The van der Waals surface area contributed by atoms with Gasteiger partial charge in [0.1, 0.15) is 42.7 Å². The predicted octanol–water partition coefficient (Wildman–Crippen LogP) is 3.59. The summed E-state index contributed by atoms with van der Waals surface area (Å²) in [5, 5.41) is 92.6. The summed E-state index contributed by atoms with van der Waals surface area (Å²) in [5.41, 5.74) is 0.977. The van der Waals surface area contributed by atoms with Gasteiger partial charge in [0, 0.05) is 77.4 Å². The summed E-state index contributed by atoms with van der Waals surface area (Å²) in [6, 6.07) is 0. The molecule has 0 amide bonds. The molecule has 0 aliphatic carbocycles. The highest BCUT2D eigenvalue weighted by Gasteiger charge is 2.57. The molecule has 4 fully saturated rings. The first-order valence-electron chi connectivity index (χ1n) is 27.9. The molecule has 25 atom stereocenters. The van der Waals surface area contributed by atoms with E-state index >= 15 is 0 Å². The number of rotatable bonds is 15. The highest BCUT2D eigenvalue weighted by atomic mass is 16.7. The fourth-order valence-corrected chi connectivity index (χ4v) is 11.6. The van der Waals surface area contributed by atoms with E-state index in [-0.39, 0.29) is 50.2 Å². The second-order valence-corrected chi connectivity index (χ2v) is 23.0. The topological polar surface area (TPSA) is 290 Å². The lowest BCUT2D eigenvalue weighted by Gasteiger charge is -2.51. The van der Waals surface area contributed by atoms with E-state index in [0.717, 1.165) is 11.1 Å². The lowest BCUT2D eigenvalue weighted by molar-refractivity contribution is -0.366. The first kappa shape index (κ1) is 67.2. The van der Waals surface area contributed by atoms with E-state index < -0.39 is 152 Å². The minimum atomic E-state index is -2.54. The van der Waals surface area contributed by atoms with Crippen molar-refractivity contribution in [3.8, 4) is 0 Å². The second-order valence-electron chi connectivity index (χ2n) is 23.0. The van der Waals surface area contributed by atoms with Crippen LogP contribution in [0.4, 0.5) is 0 Å². The van der Waals surface area contributed by atoms with Gasteiger partial charge in [0.25, 0.3) is 0 Å². The molecular formula is C58H96O21. The fourth-order valence-electron chi connectivity index (χ4n) is 11.6. The molecule has 0 unspecified atom stereocenters. The third kappa shape index (κ3) is 17.3. The first-order valence-corrected chi connectivity index (χ1v) is 27.9. The highest BCUT2D eigenvalue weighted by Crippen LogP contribution is 2.43.